The van der Waals surface area contributed by atoms with E-state index in [1.807, 2.05) is 18.2 Å². The number of carbonyl (C=O) groups is 4. The van der Waals surface area contributed by atoms with Crippen molar-refractivity contribution in [2.75, 3.05) is 4.90 Å². The first-order valence-corrected chi connectivity index (χ1v) is 17.8. The molecular weight excluding hydrogens is 770 g/mol. The predicted octanol–water partition coefficient (Wildman–Crippen LogP) is 7.43. The Morgan fingerprint density at radius 1 is 0.745 bits per heavy atom. The molecule has 15 heteroatoms. The minimum absolute atomic E-state index is 0.0341. The summed E-state index contributed by atoms with van der Waals surface area (Å²) in [7, 11) is 0. The van der Waals surface area contributed by atoms with Gasteiger partial charge in [0, 0.05) is 17.5 Å². The van der Waals surface area contributed by atoms with Gasteiger partial charge < -0.3 is 9.84 Å². The Morgan fingerprint density at radius 2 is 1.35 bits per heavy atom. The minimum Gasteiger partial charge on any atom is -0.508 e. The van der Waals surface area contributed by atoms with E-state index in [4.69, 9.17) is 27.9 Å². The number of phenolic OH excluding ortho intramolecular Hbond substituents is 1. The number of allylic oxidation sites excluding steroid dienone is 2. The molecule has 8 nitrogen and oxygen atoms in total. The molecular formula is C40H27Cl2F5N2O6. The van der Waals surface area contributed by atoms with Crippen LogP contribution in [-0.2, 0) is 32.3 Å². The van der Waals surface area contributed by atoms with Crippen LogP contribution in [-0.4, -0.2) is 43.4 Å². The second kappa shape index (κ2) is 13.2. The number of likely N-dealkylation sites (tertiary alicyclic amines) is 1. The number of rotatable bonds is 7. The lowest BCUT2D eigenvalue weighted by molar-refractivity contribution is -0.141. The molecule has 55 heavy (non-hydrogen) atoms. The van der Waals surface area contributed by atoms with Crippen molar-refractivity contribution in [2.45, 2.75) is 41.7 Å². The maximum Gasteiger partial charge on any atom is 0.258 e. The summed E-state index contributed by atoms with van der Waals surface area (Å²) in [6.45, 7) is 0.0300. The highest BCUT2D eigenvalue weighted by Gasteiger charge is 2.77. The smallest absolute Gasteiger partial charge is 0.258 e. The van der Waals surface area contributed by atoms with Crippen LogP contribution in [0.1, 0.15) is 35.4 Å². The van der Waals surface area contributed by atoms with Crippen LogP contribution < -0.4 is 9.64 Å². The van der Waals surface area contributed by atoms with Crippen LogP contribution in [0, 0.1) is 46.8 Å². The van der Waals surface area contributed by atoms with E-state index in [0.29, 0.717) is 5.56 Å². The average Bonchev–Trinajstić information content (AvgIpc) is 3.50. The SMILES string of the molecule is O=C1[C@H]2[C@H](CC=C3[C@H]2C[C@@]2(Cl)C(=O)N(c4c(F)c(F)c(F)c(F)c4F)C(=O)[C@@]2(Cl)[C@H]3c2ccc(OCc3ccccc3)cc2O)C(=O)N1Cc1ccccc1. The summed E-state index contributed by atoms with van der Waals surface area (Å²) in [5, 5.41) is 11.6. The number of hydrogen-bond acceptors (Lipinski definition) is 6. The van der Waals surface area contributed by atoms with Gasteiger partial charge in [-0.25, -0.2) is 26.9 Å². The first kappa shape index (κ1) is 36.7. The molecule has 4 aromatic rings. The Morgan fingerprint density at radius 3 is 1.96 bits per heavy atom. The summed E-state index contributed by atoms with van der Waals surface area (Å²) in [5.74, 6) is -21.9. The van der Waals surface area contributed by atoms with Crippen LogP contribution in [0.3, 0.4) is 0 Å². The highest BCUT2D eigenvalue weighted by Crippen LogP contribution is 2.66. The first-order valence-electron chi connectivity index (χ1n) is 17.1. The van der Waals surface area contributed by atoms with Crippen molar-refractivity contribution < 1.29 is 51.0 Å². The molecule has 8 rings (SSSR count). The molecule has 2 saturated heterocycles. The van der Waals surface area contributed by atoms with E-state index in [0.717, 1.165) is 10.5 Å². The van der Waals surface area contributed by atoms with E-state index in [2.05, 4.69) is 0 Å². The van der Waals surface area contributed by atoms with E-state index in [1.54, 1.807) is 48.5 Å². The van der Waals surface area contributed by atoms with Gasteiger partial charge in [-0.2, -0.15) is 0 Å². The largest absolute Gasteiger partial charge is 0.508 e. The molecule has 4 aliphatic rings. The Kier molecular flexibility index (Phi) is 8.80. The molecule has 2 aliphatic heterocycles. The molecule has 0 bridgehead atoms. The zero-order valence-electron chi connectivity index (χ0n) is 28.2. The normalized spacial score (nSPS) is 27.2. The van der Waals surface area contributed by atoms with Crippen LogP contribution in [0.4, 0.5) is 27.6 Å². The lowest BCUT2D eigenvalue weighted by atomic mass is 9.56. The first-order chi connectivity index (χ1) is 26.2. The van der Waals surface area contributed by atoms with Gasteiger partial charge >= 0.3 is 0 Å². The highest BCUT2D eigenvalue weighted by molar-refractivity contribution is 6.58. The Balaban J connectivity index is 1.26. The molecule has 0 radical (unpaired) electrons. The summed E-state index contributed by atoms with van der Waals surface area (Å²) in [5.41, 5.74) is -0.344. The van der Waals surface area contributed by atoms with Crippen molar-refractivity contribution >= 4 is 52.5 Å². The zero-order valence-corrected chi connectivity index (χ0v) is 29.8. The van der Waals surface area contributed by atoms with Crippen molar-refractivity contribution in [3.05, 3.63) is 136 Å². The second-order valence-electron chi connectivity index (χ2n) is 13.9. The van der Waals surface area contributed by atoms with Gasteiger partial charge in [0.2, 0.25) is 17.6 Å². The fraction of sp³-hybridized carbons (Fsp3) is 0.250. The molecule has 1 saturated carbocycles. The molecule has 0 spiro atoms. The number of imide groups is 2. The summed E-state index contributed by atoms with van der Waals surface area (Å²) in [4.78, 5) is 52.3. The fourth-order valence-electron chi connectivity index (χ4n) is 8.50. The van der Waals surface area contributed by atoms with Gasteiger partial charge in [-0.1, -0.05) is 78.4 Å². The van der Waals surface area contributed by atoms with Crippen molar-refractivity contribution in [3.8, 4) is 11.5 Å². The van der Waals surface area contributed by atoms with Gasteiger partial charge in [-0.15, -0.1) is 23.2 Å². The number of fused-ring (bicyclic) bond motifs is 4. The third-order valence-electron chi connectivity index (χ3n) is 11.1. The van der Waals surface area contributed by atoms with Gasteiger partial charge in [0.05, 0.1) is 18.4 Å². The number of halogens is 7. The molecule has 4 amide bonds. The number of anilines is 1. The zero-order chi connectivity index (χ0) is 39.1. The van der Waals surface area contributed by atoms with Crippen LogP contribution in [0.15, 0.2) is 90.5 Å². The Hall–Kier alpha value is -5.27. The molecule has 2 aliphatic carbocycles. The van der Waals surface area contributed by atoms with Gasteiger partial charge in [0.1, 0.15) is 23.8 Å². The van der Waals surface area contributed by atoms with Crippen molar-refractivity contribution in [3.63, 3.8) is 0 Å². The molecule has 0 aromatic heterocycles. The quantitative estimate of drug-likeness (QED) is 0.0522. The number of benzene rings is 4. The molecule has 3 fully saturated rings. The highest BCUT2D eigenvalue weighted by atomic mass is 35.5. The van der Waals surface area contributed by atoms with E-state index in [1.165, 1.54) is 18.2 Å². The van der Waals surface area contributed by atoms with Crippen LogP contribution in [0.5, 0.6) is 11.5 Å². The van der Waals surface area contributed by atoms with Crippen molar-refractivity contribution in [1.29, 1.82) is 0 Å². The minimum atomic E-state index is -2.78. The Bertz CT molecular complexity index is 2320. The van der Waals surface area contributed by atoms with Crippen LogP contribution in [0.25, 0.3) is 0 Å². The lowest BCUT2D eigenvalue weighted by Crippen LogP contribution is -2.60. The third kappa shape index (κ3) is 5.30. The number of hydrogen-bond donors (Lipinski definition) is 1. The summed E-state index contributed by atoms with van der Waals surface area (Å²) < 4.78 is 79.7. The summed E-state index contributed by atoms with van der Waals surface area (Å²) in [6.07, 6.45) is 0.870. The maximum atomic E-state index is 15.3. The number of aromatic hydroxyl groups is 1. The molecule has 282 valence electrons. The molecule has 0 unspecified atom stereocenters. The number of nitrogens with zero attached hydrogens (tertiary/aromatic N) is 2. The number of phenols is 1. The maximum absolute atomic E-state index is 15.3. The van der Waals surface area contributed by atoms with E-state index >= 15 is 8.78 Å². The Labute approximate surface area is 319 Å². The number of carbonyl (C=O) groups excluding carboxylic acids is 4. The van der Waals surface area contributed by atoms with Crippen LogP contribution in [0.2, 0.25) is 0 Å². The summed E-state index contributed by atoms with van der Waals surface area (Å²) >= 11 is 14.4. The second-order valence-corrected chi connectivity index (χ2v) is 15.2. The van der Waals surface area contributed by atoms with Gasteiger partial charge in [0.15, 0.2) is 33.0 Å². The van der Waals surface area contributed by atoms with E-state index in [9.17, 15) is 37.5 Å². The number of amides is 4. The van der Waals surface area contributed by atoms with Gasteiger partial charge in [-0.05, 0) is 36.0 Å². The van der Waals surface area contributed by atoms with Crippen LogP contribution >= 0.6 is 23.2 Å². The predicted molar refractivity (Wildman–Crippen MR) is 187 cm³/mol. The topological polar surface area (TPSA) is 104 Å². The molecule has 1 N–H and O–H groups in total. The number of alkyl halides is 2. The van der Waals surface area contributed by atoms with E-state index < -0.39 is 104 Å². The molecule has 2 heterocycles. The standard InChI is InChI=1S/C40H27Cl2F5N2O6/c41-39-16-25-22(13-14-24-27(25)36(52)48(35(24)51)17-19-7-3-1-4-8-19)28(23-12-11-21(15-26(23)50)55-18-20-9-5-2-6-10-20)40(39,42)38(54)49(37(39)53)34-32(46)30(44)29(43)31(45)33(34)47/h1-13,15,24-25,27-28,50H,14,16-18H2/t24-,25+,27-,28+,39+,40-/m0/s1. The third-order valence-corrected chi connectivity index (χ3v) is 12.5. The van der Waals surface area contributed by atoms with Crippen molar-refractivity contribution in [1.82, 2.24) is 4.90 Å². The lowest BCUT2D eigenvalue weighted by Gasteiger charge is -2.50. The monoisotopic (exact) mass is 796 g/mol. The molecule has 6 atom stereocenters. The van der Waals surface area contributed by atoms with Crippen molar-refractivity contribution in [2.24, 2.45) is 17.8 Å². The summed E-state index contributed by atoms with van der Waals surface area (Å²) in [6, 6.07) is 21.7. The molecule has 4 aromatic carbocycles. The average molecular weight is 798 g/mol. The van der Waals surface area contributed by atoms with Gasteiger partial charge in [-0.3, -0.25) is 24.1 Å². The number of ether oxygens (including phenoxy) is 1. The van der Waals surface area contributed by atoms with Gasteiger partial charge in [0.25, 0.3) is 11.8 Å². The van der Waals surface area contributed by atoms with E-state index in [-0.39, 0.29) is 41.4 Å². The fourth-order valence-corrected chi connectivity index (χ4v) is 9.42.